The minimum Gasteiger partial charge on any atom is -0.481 e. The van der Waals surface area contributed by atoms with Crippen LogP contribution in [0.2, 0.25) is 0 Å². The van der Waals surface area contributed by atoms with Crippen molar-refractivity contribution in [3.63, 3.8) is 0 Å². The summed E-state index contributed by atoms with van der Waals surface area (Å²) >= 11 is 0. The fourth-order valence-corrected chi connectivity index (χ4v) is 1.65. The van der Waals surface area contributed by atoms with Crippen LogP contribution in [0.1, 0.15) is 12.1 Å². The second-order valence-corrected chi connectivity index (χ2v) is 3.99. The highest BCUT2D eigenvalue weighted by Crippen LogP contribution is 2.04. The SMILES string of the molecule is O=C(O)CCc1n[nH]c(=O)n(-c2ccc(F)cc2)c1=O. The average molecular weight is 279 g/mol. The van der Waals surface area contributed by atoms with Gasteiger partial charge in [-0.05, 0) is 24.3 Å². The molecule has 2 N–H and O–H groups in total. The molecule has 0 fully saturated rings. The number of aromatic amines is 1. The Morgan fingerprint density at radius 1 is 1.30 bits per heavy atom. The van der Waals surface area contributed by atoms with Crippen molar-refractivity contribution in [1.82, 2.24) is 14.8 Å². The fraction of sp³-hybridized carbons (Fsp3) is 0.167. The van der Waals surface area contributed by atoms with Gasteiger partial charge in [0.05, 0.1) is 12.1 Å². The summed E-state index contributed by atoms with van der Waals surface area (Å²) in [5.41, 5.74) is -1.39. The average Bonchev–Trinajstić information content (AvgIpc) is 2.40. The number of carbonyl (C=O) groups is 1. The van der Waals surface area contributed by atoms with Crippen LogP contribution in [0.15, 0.2) is 33.9 Å². The molecule has 20 heavy (non-hydrogen) atoms. The molecule has 0 unspecified atom stereocenters. The highest BCUT2D eigenvalue weighted by Gasteiger charge is 2.12. The number of H-pyrrole nitrogens is 1. The Balaban J connectivity index is 2.50. The lowest BCUT2D eigenvalue weighted by Gasteiger charge is -2.05. The Hall–Kier alpha value is -2.77. The topological polar surface area (TPSA) is 105 Å². The van der Waals surface area contributed by atoms with Gasteiger partial charge in [0, 0.05) is 6.42 Å². The van der Waals surface area contributed by atoms with Crippen LogP contribution in [0.3, 0.4) is 0 Å². The molecular formula is C12H10FN3O4. The summed E-state index contributed by atoms with van der Waals surface area (Å²) in [5.74, 6) is -1.58. The van der Waals surface area contributed by atoms with Crippen molar-refractivity contribution in [2.75, 3.05) is 0 Å². The van der Waals surface area contributed by atoms with Crippen molar-refractivity contribution in [1.29, 1.82) is 0 Å². The Bertz CT molecular complexity index is 749. The number of nitrogens with zero attached hydrogens (tertiary/aromatic N) is 2. The first-order chi connectivity index (χ1) is 9.49. The van der Waals surface area contributed by atoms with Gasteiger partial charge in [0.25, 0.3) is 5.56 Å². The number of hydrogen-bond acceptors (Lipinski definition) is 4. The van der Waals surface area contributed by atoms with Gasteiger partial charge in [0.2, 0.25) is 0 Å². The Morgan fingerprint density at radius 2 is 1.95 bits per heavy atom. The van der Waals surface area contributed by atoms with Crippen molar-refractivity contribution in [2.24, 2.45) is 0 Å². The Morgan fingerprint density at radius 3 is 2.55 bits per heavy atom. The first kappa shape index (κ1) is 13.7. The molecule has 0 radical (unpaired) electrons. The maximum Gasteiger partial charge on any atom is 0.349 e. The summed E-state index contributed by atoms with van der Waals surface area (Å²) in [5, 5.41) is 14.2. The molecule has 0 saturated heterocycles. The maximum absolute atomic E-state index is 12.8. The van der Waals surface area contributed by atoms with Gasteiger partial charge in [-0.1, -0.05) is 0 Å². The standard InChI is InChI=1S/C12H10FN3O4/c13-7-1-3-8(4-2-7)16-11(19)9(5-6-10(17)18)14-15-12(16)20/h1-4H,5-6H2,(H,15,20)(H,17,18). The highest BCUT2D eigenvalue weighted by molar-refractivity contribution is 5.66. The lowest BCUT2D eigenvalue weighted by atomic mass is 10.2. The number of halogens is 1. The minimum absolute atomic E-state index is 0.0728. The first-order valence-corrected chi connectivity index (χ1v) is 5.67. The molecule has 1 heterocycles. The molecule has 0 aliphatic rings. The van der Waals surface area contributed by atoms with Gasteiger partial charge in [-0.2, -0.15) is 5.10 Å². The normalized spacial score (nSPS) is 10.4. The maximum atomic E-state index is 12.8. The van der Waals surface area contributed by atoms with Crippen LogP contribution in [0.4, 0.5) is 4.39 Å². The fourth-order valence-electron chi connectivity index (χ4n) is 1.65. The predicted octanol–water partition coefficient (Wildman–Crippen LogP) is 0.0771. The second kappa shape index (κ2) is 5.47. The van der Waals surface area contributed by atoms with E-state index in [1.165, 1.54) is 12.1 Å². The molecule has 104 valence electrons. The summed E-state index contributed by atoms with van der Waals surface area (Å²) in [4.78, 5) is 34.2. The lowest BCUT2D eigenvalue weighted by molar-refractivity contribution is -0.136. The molecule has 0 atom stereocenters. The molecule has 2 rings (SSSR count). The number of benzene rings is 1. The van der Waals surface area contributed by atoms with Crippen LogP contribution in [0.5, 0.6) is 0 Å². The quantitative estimate of drug-likeness (QED) is 0.824. The van der Waals surface area contributed by atoms with E-state index in [0.717, 1.165) is 16.7 Å². The van der Waals surface area contributed by atoms with Gasteiger partial charge in [-0.15, -0.1) is 0 Å². The van der Waals surface area contributed by atoms with Gasteiger partial charge in [0.15, 0.2) is 0 Å². The molecule has 2 aromatic rings. The van der Waals surface area contributed by atoms with Gasteiger partial charge >= 0.3 is 11.7 Å². The van der Waals surface area contributed by atoms with E-state index < -0.39 is 23.0 Å². The number of rotatable bonds is 4. The van der Waals surface area contributed by atoms with Crippen LogP contribution in [-0.2, 0) is 11.2 Å². The Kier molecular flexibility index (Phi) is 3.74. The van der Waals surface area contributed by atoms with Crippen molar-refractivity contribution < 1.29 is 14.3 Å². The van der Waals surface area contributed by atoms with E-state index in [1.807, 2.05) is 0 Å². The molecule has 0 bridgehead atoms. The number of hydrogen-bond donors (Lipinski definition) is 2. The molecule has 1 aromatic carbocycles. The third kappa shape index (κ3) is 2.79. The van der Waals surface area contributed by atoms with E-state index in [2.05, 4.69) is 10.2 Å². The monoisotopic (exact) mass is 279 g/mol. The van der Waals surface area contributed by atoms with Gasteiger partial charge < -0.3 is 5.11 Å². The number of carboxylic acids is 1. The van der Waals surface area contributed by atoms with Crippen LogP contribution in [-0.4, -0.2) is 25.8 Å². The van der Waals surface area contributed by atoms with Crippen molar-refractivity contribution in [3.05, 3.63) is 56.6 Å². The largest absolute Gasteiger partial charge is 0.481 e. The van der Waals surface area contributed by atoms with Crippen LogP contribution in [0.25, 0.3) is 5.69 Å². The second-order valence-electron chi connectivity index (χ2n) is 3.99. The summed E-state index contributed by atoms with van der Waals surface area (Å²) in [6, 6.07) is 4.76. The van der Waals surface area contributed by atoms with E-state index in [4.69, 9.17) is 5.11 Å². The molecule has 0 saturated carbocycles. The zero-order valence-corrected chi connectivity index (χ0v) is 10.2. The summed E-state index contributed by atoms with van der Waals surface area (Å²) in [7, 11) is 0. The molecule has 7 nitrogen and oxygen atoms in total. The van der Waals surface area contributed by atoms with E-state index >= 15 is 0 Å². The van der Waals surface area contributed by atoms with Gasteiger partial charge in [-0.3, -0.25) is 9.59 Å². The van der Waals surface area contributed by atoms with Gasteiger partial charge in [0.1, 0.15) is 11.5 Å². The molecule has 0 spiro atoms. The smallest absolute Gasteiger partial charge is 0.349 e. The molecule has 0 aliphatic carbocycles. The highest BCUT2D eigenvalue weighted by atomic mass is 19.1. The third-order valence-electron chi connectivity index (χ3n) is 2.60. The number of aliphatic carboxylic acids is 1. The number of nitrogens with one attached hydrogen (secondary N) is 1. The molecule has 8 heteroatoms. The zero-order valence-electron chi connectivity index (χ0n) is 10.2. The molecule has 0 aliphatic heterocycles. The zero-order chi connectivity index (χ0) is 14.7. The number of carboxylic acid groups (broad SMARTS) is 1. The summed E-state index contributed by atoms with van der Waals surface area (Å²) in [6.45, 7) is 0. The number of aryl methyl sites for hydroxylation is 1. The summed E-state index contributed by atoms with van der Waals surface area (Å²) in [6.07, 6.45) is -0.385. The van der Waals surface area contributed by atoms with Crippen molar-refractivity contribution in [2.45, 2.75) is 12.8 Å². The molecule has 1 aromatic heterocycles. The summed E-state index contributed by atoms with van der Waals surface area (Å²) < 4.78 is 13.6. The van der Waals surface area contributed by atoms with Crippen LogP contribution < -0.4 is 11.2 Å². The third-order valence-corrected chi connectivity index (χ3v) is 2.60. The van der Waals surface area contributed by atoms with E-state index in [-0.39, 0.29) is 24.2 Å². The first-order valence-electron chi connectivity index (χ1n) is 5.67. The Labute approximate surface area is 111 Å². The van der Waals surface area contributed by atoms with E-state index in [0.29, 0.717) is 0 Å². The van der Waals surface area contributed by atoms with E-state index in [1.54, 1.807) is 0 Å². The predicted molar refractivity (Wildman–Crippen MR) is 66.4 cm³/mol. The lowest BCUT2D eigenvalue weighted by Crippen LogP contribution is -2.37. The van der Waals surface area contributed by atoms with E-state index in [9.17, 15) is 18.8 Å². The van der Waals surface area contributed by atoms with Crippen LogP contribution in [0, 0.1) is 5.82 Å². The molecular weight excluding hydrogens is 269 g/mol. The van der Waals surface area contributed by atoms with Gasteiger partial charge in [-0.25, -0.2) is 18.9 Å². The van der Waals surface area contributed by atoms with Crippen LogP contribution >= 0.6 is 0 Å². The molecule has 0 amide bonds. The number of aromatic nitrogens is 3. The minimum atomic E-state index is -1.08. The van der Waals surface area contributed by atoms with Crippen molar-refractivity contribution in [3.8, 4) is 5.69 Å². The van der Waals surface area contributed by atoms with Crippen molar-refractivity contribution >= 4 is 5.97 Å².